The first kappa shape index (κ1) is 16.5. The lowest BCUT2D eigenvalue weighted by Gasteiger charge is -2.38. The average Bonchev–Trinajstić information content (AvgIpc) is 2.37. The zero-order valence-corrected chi connectivity index (χ0v) is 13.8. The summed E-state index contributed by atoms with van der Waals surface area (Å²) in [5.74, 6) is 0.433. The molecule has 21 heavy (non-hydrogen) atoms. The van der Waals surface area contributed by atoms with Crippen LogP contribution < -0.4 is 5.32 Å². The van der Waals surface area contributed by atoms with Gasteiger partial charge in [-0.15, -0.1) is 0 Å². The molecule has 1 aromatic rings. The van der Waals surface area contributed by atoms with Crippen LogP contribution in [-0.4, -0.2) is 12.6 Å². The molecule has 0 spiro atoms. The zero-order valence-electron chi connectivity index (χ0n) is 13.8. The lowest BCUT2D eigenvalue weighted by Crippen LogP contribution is -2.44. The highest BCUT2D eigenvalue weighted by Crippen LogP contribution is 2.37. The van der Waals surface area contributed by atoms with Crippen LogP contribution in [0.3, 0.4) is 0 Å². The Morgan fingerprint density at radius 3 is 2.67 bits per heavy atom. The molecule has 0 saturated heterocycles. The molecule has 1 fully saturated rings. The fraction of sp³-hybridized carbons (Fsp3) is 0.684. The van der Waals surface area contributed by atoms with Gasteiger partial charge in [0.15, 0.2) is 0 Å². The third kappa shape index (κ3) is 5.10. The van der Waals surface area contributed by atoms with Crippen LogP contribution in [-0.2, 0) is 0 Å². The molecule has 0 bridgehead atoms. The average molecular weight is 291 g/mol. The van der Waals surface area contributed by atoms with Gasteiger partial charge in [-0.2, -0.15) is 0 Å². The van der Waals surface area contributed by atoms with E-state index in [1.165, 1.54) is 31.7 Å². The summed E-state index contributed by atoms with van der Waals surface area (Å²) in [6, 6.07) is 7.71. The molecule has 1 aliphatic rings. The van der Waals surface area contributed by atoms with Crippen molar-refractivity contribution in [3.05, 3.63) is 35.6 Å². The molecular weight excluding hydrogens is 261 g/mol. The third-order valence-corrected chi connectivity index (χ3v) is 4.78. The van der Waals surface area contributed by atoms with E-state index in [4.69, 9.17) is 0 Å². The lowest BCUT2D eigenvalue weighted by molar-refractivity contribution is 0.231. The molecule has 0 heterocycles. The van der Waals surface area contributed by atoms with E-state index in [0.29, 0.717) is 17.4 Å². The molecule has 0 atom stereocenters. The summed E-state index contributed by atoms with van der Waals surface area (Å²) in [4.78, 5) is 0. The fourth-order valence-corrected chi connectivity index (χ4v) is 3.18. The van der Waals surface area contributed by atoms with E-state index in [1.54, 1.807) is 6.07 Å². The molecule has 2 heteroatoms. The number of hydrogen-bond acceptors (Lipinski definition) is 1. The van der Waals surface area contributed by atoms with Gasteiger partial charge in [-0.05, 0) is 48.3 Å². The predicted octanol–water partition coefficient (Wildman–Crippen LogP) is 5.27. The van der Waals surface area contributed by atoms with Crippen LogP contribution in [0.1, 0.15) is 70.8 Å². The maximum atomic E-state index is 13.2. The predicted molar refractivity (Wildman–Crippen MR) is 88.1 cm³/mol. The molecule has 0 aliphatic heterocycles. The zero-order chi connectivity index (χ0) is 15.3. The number of nitrogens with one attached hydrogen (secondary N) is 1. The largest absolute Gasteiger partial charge is 0.313 e. The van der Waals surface area contributed by atoms with Crippen molar-refractivity contribution >= 4 is 0 Å². The number of rotatable bonds is 8. The SMILES string of the molecule is CCCCCC(C)(C)CNC1CC(c2cccc(F)c2)C1. The Morgan fingerprint density at radius 1 is 1.24 bits per heavy atom. The quantitative estimate of drug-likeness (QED) is 0.644. The molecule has 0 aromatic heterocycles. The molecule has 1 aromatic carbocycles. The van der Waals surface area contributed by atoms with Crippen LogP contribution in [0.4, 0.5) is 4.39 Å². The van der Waals surface area contributed by atoms with E-state index in [9.17, 15) is 4.39 Å². The van der Waals surface area contributed by atoms with E-state index >= 15 is 0 Å². The van der Waals surface area contributed by atoms with Gasteiger partial charge in [-0.1, -0.05) is 52.2 Å². The summed E-state index contributed by atoms with van der Waals surface area (Å²) in [6.07, 6.45) is 7.56. The highest BCUT2D eigenvalue weighted by Gasteiger charge is 2.31. The minimum Gasteiger partial charge on any atom is -0.313 e. The summed E-state index contributed by atoms with van der Waals surface area (Å²) in [5.41, 5.74) is 1.55. The molecule has 1 N–H and O–H groups in total. The molecule has 0 radical (unpaired) electrons. The smallest absolute Gasteiger partial charge is 0.123 e. The topological polar surface area (TPSA) is 12.0 Å². The van der Waals surface area contributed by atoms with Crippen molar-refractivity contribution in [1.29, 1.82) is 0 Å². The van der Waals surface area contributed by atoms with Crippen molar-refractivity contribution in [2.75, 3.05) is 6.54 Å². The molecule has 1 saturated carbocycles. The fourth-order valence-electron chi connectivity index (χ4n) is 3.18. The Labute approximate surface area is 129 Å². The Kier molecular flexibility index (Phi) is 5.80. The van der Waals surface area contributed by atoms with Crippen molar-refractivity contribution < 1.29 is 4.39 Å². The Morgan fingerprint density at radius 2 is 2.00 bits per heavy atom. The van der Waals surface area contributed by atoms with Crippen LogP contribution in [0.25, 0.3) is 0 Å². The summed E-state index contributed by atoms with van der Waals surface area (Å²) in [6.45, 7) is 8.07. The maximum absolute atomic E-state index is 13.2. The first-order valence-electron chi connectivity index (χ1n) is 8.49. The second-order valence-electron chi connectivity index (χ2n) is 7.42. The number of halogens is 1. The van der Waals surface area contributed by atoms with Crippen LogP contribution >= 0.6 is 0 Å². The molecule has 2 rings (SSSR count). The van der Waals surface area contributed by atoms with Gasteiger partial charge in [-0.25, -0.2) is 4.39 Å². The summed E-state index contributed by atoms with van der Waals surface area (Å²) in [5, 5.41) is 3.71. The van der Waals surface area contributed by atoms with Gasteiger partial charge in [0.25, 0.3) is 0 Å². The second-order valence-corrected chi connectivity index (χ2v) is 7.42. The summed E-state index contributed by atoms with van der Waals surface area (Å²) >= 11 is 0. The minimum atomic E-state index is -0.110. The first-order chi connectivity index (χ1) is 10.00. The van der Waals surface area contributed by atoms with Crippen molar-refractivity contribution in [3.8, 4) is 0 Å². The van der Waals surface area contributed by atoms with E-state index in [1.807, 2.05) is 6.07 Å². The normalized spacial score (nSPS) is 22.1. The molecule has 0 amide bonds. The third-order valence-electron chi connectivity index (χ3n) is 4.78. The van der Waals surface area contributed by atoms with E-state index in [-0.39, 0.29) is 5.82 Å². The summed E-state index contributed by atoms with van der Waals surface area (Å²) < 4.78 is 13.2. The Bertz CT molecular complexity index is 435. The van der Waals surface area contributed by atoms with Gasteiger partial charge in [0.2, 0.25) is 0 Å². The number of hydrogen-bond donors (Lipinski definition) is 1. The van der Waals surface area contributed by atoms with Crippen molar-refractivity contribution in [1.82, 2.24) is 5.32 Å². The number of benzene rings is 1. The number of unbranched alkanes of at least 4 members (excludes halogenated alkanes) is 2. The van der Waals surface area contributed by atoms with E-state index in [0.717, 1.165) is 24.9 Å². The van der Waals surface area contributed by atoms with Gasteiger partial charge in [0.1, 0.15) is 5.82 Å². The van der Waals surface area contributed by atoms with Gasteiger partial charge in [0, 0.05) is 12.6 Å². The highest BCUT2D eigenvalue weighted by molar-refractivity contribution is 5.23. The van der Waals surface area contributed by atoms with Gasteiger partial charge in [0.05, 0.1) is 0 Å². The van der Waals surface area contributed by atoms with E-state index in [2.05, 4.69) is 32.2 Å². The molecule has 1 nitrogen and oxygen atoms in total. The van der Waals surface area contributed by atoms with E-state index < -0.39 is 0 Å². The Balaban J connectivity index is 1.68. The van der Waals surface area contributed by atoms with Gasteiger partial charge >= 0.3 is 0 Å². The first-order valence-corrected chi connectivity index (χ1v) is 8.49. The standard InChI is InChI=1S/C19H30FN/c1-4-5-6-10-19(2,3)14-21-18-12-16(13-18)15-8-7-9-17(20)11-15/h7-9,11,16,18,21H,4-6,10,12-14H2,1-3H3. The van der Waals surface area contributed by atoms with Crippen LogP contribution in [0.2, 0.25) is 0 Å². The van der Waals surface area contributed by atoms with Crippen LogP contribution in [0.5, 0.6) is 0 Å². The second kappa shape index (κ2) is 7.40. The Hall–Kier alpha value is -0.890. The van der Waals surface area contributed by atoms with Crippen molar-refractivity contribution in [3.63, 3.8) is 0 Å². The van der Waals surface area contributed by atoms with Gasteiger partial charge in [-0.3, -0.25) is 0 Å². The molecule has 118 valence electrons. The molecule has 0 unspecified atom stereocenters. The minimum absolute atomic E-state index is 0.110. The maximum Gasteiger partial charge on any atom is 0.123 e. The van der Waals surface area contributed by atoms with Crippen LogP contribution in [0, 0.1) is 11.2 Å². The molecular formula is C19H30FN. The van der Waals surface area contributed by atoms with Crippen molar-refractivity contribution in [2.24, 2.45) is 5.41 Å². The van der Waals surface area contributed by atoms with Gasteiger partial charge < -0.3 is 5.32 Å². The summed E-state index contributed by atoms with van der Waals surface area (Å²) in [7, 11) is 0. The molecule has 1 aliphatic carbocycles. The highest BCUT2D eigenvalue weighted by atomic mass is 19.1. The monoisotopic (exact) mass is 291 g/mol. The van der Waals surface area contributed by atoms with Crippen LogP contribution in [0.15, 0.2) is 24.3 Å². The lowest BCUT2D eigenvalue weighted by atomic mass is 9.75. The van der Waals surface area contributed by atoms with Crippen molar-refractivity contribution in [2.45, 2.75) is 71.3 Å².